The molecule has 140 valence electrons. The van der Waals surface area contributed by atoms with Crippen LogP contribution in [0.4, 0.5) is 0 Å². The Balaban J connectivity index is 2.12. The lowest BCUT2D eigenvalue weighted by atomic mass is 10.1. The van der Waals surface area contributed by atoms with Crippen molar-refractivity contribution < 1.29 is 18.7 Å². The molecule has 1 aromatic heterocycles. The van der Waals surface area contributed by atoms with Crippen LogP contribution < -0.4 is 0 Å². The van der Waals surface area contributed by atoms with E-state index in [4.69, 9.17) is 4.42 Å². The minimum atomic E-state index is -0.565. The Bertz CT molecular complexity index is 735. The van der Waals surface area contributed by atoms with Crippen molar-refractivity contribution in [3.63, 3.8) is 0 Å². The summed E-state index contributed by atoms with van der Waals surface area (Å²) in [7, 11) is 1.28. The van der Waals surface area contributed by atoms with Gasteiger partial charge in [-0.2, -0.15) is 0 Å². The normalized spacial score (nSPS) is 10.8. The number of hydrogen-bond donors (Lipinski definition) is 0. The number of aromatic nitrogens is 1. The molecular weight excluding hydrogens is 332 g/mol. The fourth-order valence-corrected chi connectivity index (χ4v) is 2.58. The highest BCUT2D eigenvalue weighted by atomic mass is 16.5. The SMILES string of the molecule is CCCCc1ccc(C(=O)N(Cc2nc(C(=O)OC)co2)C(C)C)cc1. The van der Waals surface area contributed by atoms with Gasteiger partial charge in [0.1, 0.15) is 6.26 Å². The number of aryl methyl sites for hydroxylation is 1. The molecule has 0 bridgehead atoms. The van der Waals surface area contributed by atoms with Gasteiger partial charge in [-0.25, -0.2) is 9.78 Å². The van der Waals surface area contributed by atoms with Crippen molar-refractivity contribution in [1.82, 2.24) is 9.88 Å². The van der Waals surface area contributed by atoms with Crippen molar-refractivity contribution in [3.05, 3.63) is 53.2 Å². The molecule has 0 N–H and O–H groups in total. The first-order valence-corrected chi connectivity index (χ1v) is 8.88. The van der Waals surface area contributed by atoms with Crippen LogP contribution in [0.3, 0.4) is 0 Å². The van der Waals surface area contributed by atoms with Gasteiger partial charge in [-0.3, -0.25) is 4.79 Å². The van der Waals surface area contributed by atoms with Crippen LogP contribution in [0.2, 0.25) is 0 Å². The summed E-state index contributed by atoms with van der Waals surface area (Å²) >= 11 is 0. The largest absolute Gasteiger partial charge is 0.464 e. The molecule has 0 saturated heterocycles. The standard InChI is InChI=1S/C20H26N2O4/c1-5-6-7-15-8-10-16(11-9-15)19(23)22(14(2)3)12-18-21-17(13-26-18)20(24)25-4/h8-11,13-14H,5-7,12H2,1-4H3. The summed E-state index contributed by atoms with van der Waals surface area (Å²) in [5.41, 5.74) is 1.95. The Morgan fingerprint density at radius 2 is 1.92 bits per heavy atom. The molecule has 0 aliphatic carbocycles. The van der Waals surface area contributed by atoms with E-state index in [9.17, 15) is 9.59 Å². The first kappa shape index (κ1) is 19.7. The van der Waals surface area contributed by atoms with E-state index in [0.717, 1.165) is 19.3 Å². The number of nitrogens with zero attached hydrogens (tertiary/aromatic N) is 2. The lowest BCUT2D eigenvalue weighted by molar-refractivity contribution is 0.0593. The Labute approximate surface area is 154 Å². The fraction of sp³-hybridized carbons (Fsp3) is 0.450. The summed E-state index contributed by atoms with van der Waals surface area (Å²) in [6, 6.07) is 7.68. The van der Waals surface area contributed by atoms with E-state index in [2.05, 4.69) is 16.6 Å². The minimum Gasteiger partial charge on any atom is -0.464 e. The van der Waals surface area contributed by atoms with Crippen molar-refractivity contribution in [2.24, 2.45) is 0 Å². The van der Waals surface area contributed by atoms with Crippen LogP contribution in [-0.4, -0.2) is 34.9 Å². The zero-order chi connectivity index (χ0) is 19.1. The number of carbonyl (C=O) groups is 2. The van der Waals surface area contributed by atoms with Crippen LogP contribution in [0.5, 0.6) is 0 Å². The van der Waals surface area contributed by atoms with E-state index in [1.54, 1.807) is 4.90 Å². The second-order valence-electron chi connectivity index (χ2n) is 6.45. The number of amides is 1. The molecule has 26 heavy (non-hydrogen) atoms. The molecule has 2 aromatic rings. The molecule has 1 heterocycles. The van der Waals surface area contributed by atoms with Crippen molar-refractivity contribution in [2.45, 2.75) is 52.6 Å². The maximum absolute atomic E-state index is 12.9. The van der Waals surface area contributed by atoms with Crippen molar-refractivity contribution in [2.75, 3.05) is 7.11 Å². The topological polar surface area (TPSA) is 72.6 Å². The van der Waals surface area contributed by atoms with E-state index in [0.29, 0.717) is 11.5 Å². The van der Waals surface area contributed by atoms with Crippen molar-refractivity contribution in [1.29, 1.82) is 0 Å². The van der Waals surface area contributed by atoms with Crippen LogP contribution in [0, 0.1) is 0 Å². The van der Waals surface area contributed by atoms with E-state index in [-0.39, 0.29) is 24.2 Å². The fourth-order valence-electron chi connectivity index (χ4n) is 2.58. The number of unbranched alkanes of at least 4 members (excludes halogenated alkanes) is 1. The maximum Gasteiger partial charge on any atom is 0.360 e. The number of esters is 1. The summed E-state index contributed by atoms with van der Waals surface area (Å²) < 4.78 is 9.93. The molecule has 0 radical (unpaired) electrons. The summed E-state index contributed by atoms with van der Waals surface area (Å²) in [4.78, 5) is 30.1. The third kappa shape index (κ3) is 4.94. The molecule has 0 fully saturated rings. The van der Waals surface area contributed by atoms with Crippen LogP contribution in [0.15, 0.2) is 34.9 Å². The van der Waals surface area contributed by atoms with Gasteiger partial charge >= 0.3 is 5.97 Å². The molecular formula is C20H26N2O4. The molecule has 6 nitrogen and oxygen atoms in total. The lowest BCUT2D eigenvalue weighted by Gasteiger charge is -2.25. The number of methoxy groups -OCH3 is 1. The van der Waals surface area contributed by atoms with Crippen LogP contribution >= 0.6 is 0 Å². The van der Waals surface area contributed by atoms with Gasteiger partial charge in [-0.05, 0) is 44.4 Å². The molecule has 0 spiro atoms. The summed E-state index contributed by atoms with van der Waals surface area (Å²) in [5, 5.41) is 0. The van der Waals surface area contributed by atoms with Crippen molar-refractivity contribution >= 4 is 11.9 Å². The predicted octanol–water partition coefficient (Wildman–Crippen LogP) is 3.85. The van der Waals surface area contributed by atoms with Crippen LogP contribution in [0.1, 0.15) is 65.9 Å². The Hall–Kier alpha value is -2.63. The molecule has 0 atom stereocenters. The number of hydrogen-bond acceptors (Lipinski definition) is 5. The zero-order valence-corrected chi connectivity index (χ0v) is 15.8. The maximum atomic E-state index is 12.9. The Morgan fingerprint density at radius 1 is 1.23 bits per heavy atom. The third-order valence-electron chi connectivity index (χ3n) is 4.16. The van der Waals surface area contributed by atoms with Gasteiger partial charge in [-0.1, -0.05) is 25.5 Å². The summed E-state index contributed by atoms with van der Waals surface area (Å²) in [5.74, 6) is -0.364. The molecule has 0 saturated carbocycles. The van der Waals surface area contributed by atoms with E-state index in [1.807, 2.05) is 38.1 Å². The summed E-state index contributed by atoms with van der Waals surface area (Å²) in [6.07, 6.45) is 4.54. The monoisotopic (exact) mass is 358 g/mol. The van der Waals surface area contributed by atoms with Gasteiger partial charge in [0.15, 0.2) is 5.69 Å². The van der Waals surface area contributed by atoms with Crippen molar-refractivity contribution in [3.8, 4) is 0 Å². The van der Waals surface area contributed by atoms with Crippen LogP contribution in [0.25, 0.3) is 0 Å². The van der Waals surface area contributed by atoms with Gasteiger partial charge in [0.25, 0.3) is 5.91 Å². The number of carbonyl (C=O) groups excluding carboxylic acids is 2. The predicted molar refractivity (Wildman–Crippen MR) is 97.9 cm³/mol. The van der Waals surface area contributed by atoms with E-state index in [1.165, 1.54) is 18.9 Å². The van der Waals surface area contributed by atoms with Gasteiger partial charge < -0.3 is 14.1 Å². The average Bonchev–Trinajstić information content (AvgIpc) is 3.12. The highest BCUT2D eigenvalue weighted by Gasteiger charge is 2.22. The minimum absolute atomic E-state index is 0.0456. The summed E-state index contributed by atoms with van der Waals surface area (Å²) in [6.45, 7) is 6.20. The quantitative estimate of drug-likeness (QED) is 0.670. The second-order valence-corrected chi connectivity index (χ2v) is 6.45. The third-order valence-corrected chi connectivity index (χ3v) is 4.16. The molecule has 2 rings (SSSR count). The molecule has 1 amide bonds. The van der Waals surface area contributed by atoms with Gasteiger partial charge in [-0.15, -0.1) is 0 Å². The second kappa shape index (κ2) is 9.17. The molecule has 0 aliphatic rings. The lowest BCUT2D eigenvalue weighted by Crippen LogP contribution is -2.36. The van der Waals surface area contributed by atoms with Crippen LogP contribution in [-0.2, 0) is 17.7 Å². The number of rotatable bonds is 8. The number of ether oxygens (including phenoxy) is 1. The van der Waals surface area contributed by atoms with Gasteiger partial charge in [0, 0.05) is 11.6 Å². The molecule has 6 heteroatoms. The Morgan fingerprint density at radius 3 is 2.50 bits per heavy atom. The molecule has 1 aromatic carbocycles. The highest BCUT2D eigenvalue weighted by molar-refractivity contribution is 5.94. The Kier molecular flexibility index (Phi) is 6.95. The highest BCUT2D eigenvalue weighted by Crippen LogP contribution is 2.15. The molecule has 0 unspecified atom stereocenters. The number of oxazole rings is 1. The smallest absolute Gasteiger partial charge is 0.360 e. The first-order chi connectivity index (χ1) is 12.5. The zero-order valence-electron chi connectivity index (χ0n) is 15.8. The molecule has 0 aliphatic heterocycles. The first-order valence-electron chi connectivity index (χ1n) is 8.88. The van der Waals surface area contributed by atoms with Gasteiger partial charge in [0.05, 0.1) is 13.7 Å². The number of benzene rings is 1. The van der Waals surface area contributed by atoms with Gasteiger partial charge in [0.2, 0.25) is 5.89 Å². The van der Waals surface area contributed by atoms with E-state index >= 15 is 0 Å². The van der Waals surface area contributed by atoms with E-state index < -0.39 is 5.97 Å². The average molecular weight is 358 g/mol.